The highest BCUT2D eigenvalue weighted by Gasteiger charge is 2.34. The predicted molar refractivity (Wildman–Crippen MR) is 62.4 cm³/mol. The molecule has 0 radical (unpaired) electrons. The summed E-state index contributed by atoms with van der Waals surface area (Å²) in [5, 5.41) is 14.8. The van der Waals surface area contributed by atoms with E-state index in [9.17, 15) is 9.59 Å². The molecular formula is C11H17N3O4. The van der Waals surface area contributed by atoms with Gasteiger partial charge in [0.05, 0.1) is 0 Å². The van der Waals surface area contributed by atoms with Gasteiger partial charge in [0.2, 0.25) is 0 Å². The van der Waals surface area contributed by atoms with E-state index in [2.05, 4.69) is 20.0 Å². The average Bonchev–Trinajstić information content (AvgIpc) is 2.73. The first kappa shape index (κ1) is 12.7. The molecule has 100 valence electrons. The third-order valence-corrected chi connectivity index (χ3v) is 3.56. The van der Waals surface area contributed by atoms with Crippen LogP contribution < -0.4 is 11.1 Å². The van der Waals surface area contributed by atoms with Gasteiger partial charge in [-0.15, -0.1) is 0 Å². The molecule has 1 aromatic heterocycles. The van der Waals surface area contributed by atoms with Gasteiger partial charge in [0.25, 0.3) is 0 Å². The van der Waals surface area contributed by atoms with Gasteiger partial charge < -0.3 is 10.4 Å². The smallest absolute Gasteiger partial charge is 0.438 e. The van der Waals surface area contributed by atoms with E-state index in [1.54, 1.807) is 0 Å². The molecule has 7 nitrogen and oxygen atoms in total. The molecule has 1 amide bonds. The van der Waals surface area contributed by atoms with Crippen molar-refractivity contribution in [2.75, 3.05) is 6.54 Å². The molecule has 0 unspecified atom stereocenters. The van der Waals surface area contributed by atoms with Crippen LogP contribution >= 0.6 is 0 Å². The minimum atomic E-state index is -1.02. The third kappa shape index (κ3) is 3.12. The molecule has 1 heterocycles. The molecule has 1 saturated carbocycles. The molecule has 3 N–H and O–H groups in total. The van der Waals surface area contributed by atoms with E-state index in [0.717, 1.165) is 25.7 Å². The predicted octanol–water partition coefficient (Wildman–Crippen LogP) is 1.12. The van der Waals surface area contributed by atoms with Crippen molar-refractivity contribution < 1.29 is 14.4 Å². The van der Waals surface area contributed by atoms with Gasteiger partial charge in [0.15, 0.2) is 5.82 Å². The minimum Gasteiger partial charge on any atom is -0.465 e. The molecule has 18 heavy (non-hydrogen) atoms. The third-order valence-electron chi connectivity index (χ3n) is 3.56. The second kappa shape index (κ2) is 5.24. The highest BCUT2D eigenvalue weighted by molar-refractivity contribution is 5.64. The Kier molecular flexibility index (Phi) is 3.69. The van der Waals surface area contributed by atoms with Crippen molar-refractivity contribution in [1.82, 2.24) is 15.5 Å². The number of nitrogens with zero attached hydrogens (tertiary/aromatic N) is 1. The van der Waals surface area contributed by atoms with E-state index >= 15 is 0 Å². The molecule has 0 aromatic carbocycles. The van der Waals surface area contributed by atoms with E-state index in [1.807, 2.05) is 0 Å². The monoisotopic (exact) mass is 255 g/mol. The van der Waals surface area contributed by atoms with Crippen molar-refractivity contribution in [1.29, 1.82) is 0 Å². The van der Waals surface area contributed by atoms with Crippen molar-refractivity contribution in [2.45, 2.75) is 38.5 Å². The molecule has 2 rings (SSSR count). The minimum absolute atomic E-state index is 0.156. The maximum absolute atomic E-state index is 10.9. The fourth-order valence-electron chi connectivity index (χ4n) is 2.67. The van der Waals surface area contributed by atoms with E-state index in [4.69, 9.17) is 5.11 Å². The molecule has 0 aliphatic heterocycles. The number of amides is 1. The second-order valence-corrected chi connectivity index (χ2v) is 4.94. The van der Waals surface area contributed by atoms with Crippen molar-refractivity contribution in [3.05, 3.63) is 16.4 Å². The van der Waals surface area contributed by atoms with E-state index in [-0.39, 0.29) is 5.41 Å². The van der Waals surface area contributed by atoms with Crippen LogP contribution in [0.1, 0.15) is 37.9 Å². The average molecular weight is 255 g/mol. The lowest BCUT2D eigenvalue weighted by molar-refractivity contribution is 0.157. The molecule has 7 heteroatoms. The first-order valence-corrected chi connectivity index (χ1v) is 6.11. The Morgan fingerprint density at radius 3 is 2.72 bits per heavy atom. The summed E-state index contributed by atoms with van der Waals surface area (Å²) < 4.78 is 4.48. The summed E-state index contributed by atoms with van der Waals surface area (Å²) in [6.45, 7) is 0.386. The SMILES string of the molecule is O=C(O)NCC1(Cc2noc(=O)[nH]2)CCCCC1. The van der Waals surface area contributed by atoms with Gasteiger partial charge in [-0.1, -0.05) is 24.4 Å². The topological polar surface area (TPSA) is 108 Å². The second-order valence-electron chi connectivity index (χ2n) is 4.94. The summed E-state index contributed by atoms with van der Waals surface area (Å²) in [5.41, 5.74) is -0.156. The van der Waals surface area contributed by atoms with E-state index in [0.29, 0.717) is 18.8 Å². The number of aromatic nitrogens is 2. The molecule has 1 aromatic rings. The summed E-state index contributed by atoms with van der Waals surface area (Å²) in [4.78, 5) is 24.1. The van der Waals surface area contributed by atoms with Crippen molar-refractivity contribution in [3.63, 3.8) is 0 Å². The quantitative estimate of drug-likeness (QED) is 0.747. The van der Waals surface area contributed by atoms with Crippen LogP contribution in [-0.4, -0.2) is 27.9 Å². The zero-order chi connectivity index (χ0) is 13.0. The van der Waals surface area contributed by atoms with Crippen LogP contribution in [0.4, 0.5) is 4.79 Å². The number of rotatable bonds is 4. The van der Waals surface area contributed by atoms with Crippen molar-refractivity contribution in [3.8, 4) is 0 Å². The lowest BCUT2D eigenvalue weighted by Crippen LogP contribution is -2.40. The van der Waals surface area contributed by atoms with Crippen LogP contribution in [0.15, 0.2) is 9.32 Å². The summed E-state index contributed by atoms with van der Waals surface area (Å²) in [5.74, 6) is -0.0729. The van der Waals surface area contributed by atoms with Gasteiger partial charge in [-0.2, -0.15) is 0 Å². The lowest BCUT2D eigenvalue weighted by Gasteiger charge is -2.36. The highest BCUT2D eigenvalue weighted by atomic mass is 16.5. The molecule has 0 bridgehead atoms. The Balaban J connectivity index is 2.08. The van der Waals surface area contributed by atoms with Crippen LogP contribution in [0.5, 0.6) is 0 Å². The number of H-pyrrole nitrogens is 1. The normalized spacial score (nSPS) is 18.4. The summed E-state index contributed by atoms with van der Waals surface area (Å²) >= 11 is 0. The van der Waals surface area contributed by atoms with Crippen LogP contribution in [0, 0.1) is 5.41 Å². The van der Waals surface area contributed by atoms with Gasteiger partial charge in [-0.05, 0) is 18.3 Å². The molecule has 1 aliphatic rings. The van der Waals surface area contributed by atoms with Gasteiger partial charge in [0.1, 0.15) is 0 Å². The zero-order valence-corrected chi connectivity index (χ0v) is 10.1. The number of aromatic amines is 1. The van der Waals surface area contributed by atoms with Gasteiger partial charge >= 0.3 is 11.8 Å². The molecule has 0 spiro atoms. The maximum atomic E-state index is 10.9. The largest absolute Gasteiger partial charge is 0.465 e. The van der Waals surface area contributed by atoms with Crippen LogP contribution in [0.25, 0.3) is 0 Å². The Morgan fingerprint density at radius 2 is 2.17 bits per heavy atom. The lowest BCUT2D eigenvalue weighted by atomic mass is 9.71. The van der Waals surface area contributed by atoms with E-state index in [1.165, 1.54) is 6.42 Å². The maximum Gasteiger partial charge on any atom is 0.438 e. The first-order valence-electron chi connectivity index (χ1n) is 6.11. The number of carbonyl (C=O) groups is 1. The van der Waals surface area contributed by atoms with Crippen molar-refractivity contribution >= 4 is 6.09 Å². The van der Waals surface area contributed by atoms with Crippen LogP contribution in [-0.2, 0) is 6.42 Å². The Labute approximate surface area is 104 Å². The number of hydrogen-bond donors (Lipinski definition) is 3. The fourth-order valence-corrected chi connectivity index (χ4v) is 2.67. The Hall–Kier alpha value is -1.79. The number of nitrogens with one attached hydrogen (secondary N) is 2. The van der Waals surface area contributed by atoms with Gasteiger partial charge in [-0.25, -0.2) is 9.59 Å². The Bertz CT molecular complexity index is 459. The molecule has 0 atom stereocenters. The van der Waals surface area contributed by atoms with E-state index < -0.39 is 11.8 Å². The standard InChI is InChI=1S/C11H17N3O4/c15-9(16)12-7-11(4-2-1-3-5-11)6-8-13-10(17)18-14-8/h12H,1-7H2,(H,15,16)(H,13,14,17). The summed E-state index contributed by atoms with van der Waals surface area (Å²) in [7, 11) is 0. The summed E-state index contributed by atoms with van der Waals surface area (Å²) in [6, 6.07) is 0. The molecular weight excluding hydrogens is 238 g/mol. The first-order chi connectivity index (χ1) is 8.60. The fraction of sp³-hybridized carbons (Fsp3) is 0.727. The molecule has 1 fully saturated rings. The van der Waals surface area contributed by atoms with Crippen LogP contribution in [0.2, 0.25) is 0 Å². The molecule has 1 aliphatic carbocycles. The number of carboxylic acid groups (broad SMARTS) is 1. The van der Waals surface area contributed by atoms with Gasteiger partial charge in [0, 0.05) is 13.0 Å². The highest BCUT2D eigenvalue weighted by Crippen LogP contribution is 2.38. The Morgan fingerprint density at radius 1 is 1.44 bits per heavy atom. The number of hydrogen-bond acceptors (Lipinski definition) is 4. The van der Waals surface area contributed by atoms with Crippen molar-refractivity contribution in [2.24, 2.45) is 5.41 Å². The van der Waals surface area contributed by atoms with Gasteiger partial charge in [-0.3, -0.25) is 9.51 Å². The van der Waals surface area contributed by atoms with Crippen LogP contribution in [0.3, 0.4) is 0 Å². The molecule has 0 saturated heterocycles. The summed E-state index contributed by atoms with van der Waals surface area (Å²) in [6.07, 6.45) is 4.70. The zero-order valence-electron chi connectivity index (χ0n) is 10.1.